The molecule has 0 saturated carbocycles. The largest absolute Gasteiger partial charge is 0.487 e. The number of benzene rings is 2. The fourth-order valence-electron chi connectivity index (χ4n) is 3.96. The molecule has 8 nitrogen and oxygen atoms in total. The molecule has 9 heteroatoms. The molecule has 0 bridgehead atoms. The topological polar surface area (TPSA) is 91.7 Å². The van der Waals surface area contributed by atoms with Crippen molar-refractivity contribution in [2.24, 2.45) is 7.05 Å². The van der Waals surface area contributed by atoms with Crippen LogP contribution in [0.25, 0.3) is 0 Å². The van der Waals surface area contributed by atoms with Crippen LogP contribution in [0.3, 0.4) is 0 Å². The molecule has 0 fully saturated rings. The van der Waals surface area contributed by atoms with Gasteiger partial charge in [-0.3, -0.25) is 14.3 Å². The van der Waals surface area contributed by atoms with Gasteiger partial charge in [-0.2, -0.15) is 5.10 Å². The zero-order valence-electron chi connectivity index (χ0n) is 20.2. The molecule has 0 unspecified atom stereocenters. The summed E-state index contributed by atoms with van der Waals surface area (Å²) >= 11 is 0. The second-order valence-corrected chi connectivity index (χ2v) is 9.08. The van der Waals surface area contributed by atoms with E-state index < -0.39 is 11.4 Å². The molecule has 2 aromatic carbocycles. The quantitative estimate of drug-likeness (QED) is 0.344. The monoisotopic (exact) mass is 481 g/mol. The lowest BCUT2D eigenvalue weighted by Crippen LogP contribution is -2.24. The molecule has 2 heterocycles. The first kappa shape index (κ1) is 24.4. The highest BCUT2D eigenvalue weighted by Crippen LogP contribution is 2.43. The Bertz CT molecular complexity index is 1270. The van der Waals surface area contributed by atoms with E-state index in [1.807, 2.05) is 13.8 Å². The number of hydrogen-bond acceptors (Lipinski definition) is 6. The van der Waals surface area contributed by atoms with Gasteiger partial charge in [0.2, 0.25) is 0 Å². The van der Waals surface area contributed by atoms with Gasteiger partial charge in [0.1, 0.15) is 28.7 Å². The van der Waals surface area contributed by atoms with Crippen molar-refractivity contribution < 1.29 is 28.2 Å². The Morgan fingerprint density at radius 2 is 2.03 bits per heavy atom. The Kier molecular flexibility index (Phi) is 6.88. The molecular formula is C26H28FN3O5. The molecule has 35 heavy (non-hydrogen) atoms. The van der Waals surface area contributed by atoms with Crippen LogP contribution in [0.5, 0.6) is 17.2 Å². The van der Waals surface area contributed by atoms with Crippen LogP contribution in [0, 0.1) is 5.82 Å². The number of anilines is 1. The van der Waals surface area contributed by atoms with Crippen molar-refractivity contribution in [3.63, 3.8) is 0 Å². The molecule has 0 radical (unpaired) electrons. The molecule has 1 aliphatic rings. The van der Waals surface area contributed by atoms with E-state index >= 15 is 0 Å². The molecule has 3 aromatic rings. The van der Waals surface area contributed by atoms with Gasteiger partial charge in [-0.15, -0.1) is 0 Å². The summed E-state index contributed by atoms with van der Waals surface area (Å²) in [5, 5.41) is 6.91. The molecule has 1 aliphatic heterocycles. The van der Waals surface area contributed by atoms with E-state index in [2.05, 4.69) is 10.4 Å². The van der Waals surface area contributed by atoms with Gasteiger partial charge in [0.15, 0.2) is 11.6 Å². The third kappa shape index (κ3) is 5.68. The van der Waals surface area contributed by atoms with Crippen LogP contribution < -0.4 is 14.8 Å². The number of Topliss-reactive ketones (excluding diaryl/α,β-unsaturated/α-hetero) is 1. The highest BCUT2D eigenvalue weighted by Gasteiger charge is 2.34. The van der Waals surface area contributed by atoms with Crippen molar-refractivity contribution in [2.45, 2.75) is 38.7 Å². The van der Waals surface area contributed by atoms with Gasteiger partial charge < -0.3 is 19.5 Å². The molecule has 184 valence electrons. The van der Waals surface area contributed by atoms with Crippen molar-refractivity contribution in [1.82, 2.24) is 9.78 Å². The number of carbonyl (C=O) groups excluding carboxylic acids is 2. The standard InChI is InChI=1S/C26H28FN3O5/c1-26(2)15-19-22(34-17-7-8-18(20(27)14-17)21(31)6-5-11-33-4)12-16(13-23(19)35-26)25(32)28-24-9-10-30(3)29-24/h7-10,12-14H,5-6,11,15H2,1-4H3,(H,28,29,32). The third-order valence-electron chi connectivity index (χ3n) is 5.60. The second kappa shape index (κ2) is 9.87. The number of rotatable bonds is 9. The van der Waals surface area contributed by atoms with Gasteiger partial charge in [-0.1, -0.05) is 0 Å². The van der Waals surface area contributed by atoms with Crippen LogP contribution in [0.4, 0.5) is 10.2 Å². The van der Waals surface area contributed by atoms with E-state index in [0.717, 1.165) is 5.56 Å². The van der Waals surface area contributed by atoms with E-state index in [4.69, 9.17) is 14.2 Å². The molecule has 0 atom stereocenters. The van der Waals surface area contributed by atoms with E-state index in [-0.39, 0.29) is 29.4 Å². The minimum Gasteiger partial charge on any atom is -0.487 e. The number of ether oxygens (including phenoxy) is 3. The Labute approximate surface area is 203 Å². The van der Waals surface area contributed by atoms with Gasteiger partial charge >= 0.3 is 0 Å². The third-order valence-corrected chi connectivity index (χ3v) is 5.60. The number of aromatic nitrogens is 2. The molecule has 1 aromatic heterocycles. The van der Waals surface area contributed by atoms with Crippen LogP contribution in [-0.4, -0.2) is 40.8 Å². The number of aryl methyl sites for hydroxylation is 1. The summed E-state index contributed by atoms with van der Waals surface area (Å²) in [5.41, 5.74) is 0.615. The van der Waals surface area contributed by atoms with Gasteiger partial charge in [0.05, 0.1) is 5.56 Å². The normalized spacial score (nSPS) is 13.7. The predicted octanol–water partition coefficient (Wildman–Crippen LogP) is 4.93. The Hall–Kier alpha value is -3.72. The predicted molar refractivity (Wildman–Crippen MR) is 128 cm³/mol. The molecule has 0 saturated heterocycles. The minimum atomic E-state index is -0.665. The van der Waals surface area contributed by atoms with Crippen LogP contribution in [-0.2, 0) is 18.2 Å². The Morgan fingerprint density at radius 3 is 2.71 bits per heavy atom. The molecule has 1 amide bonds. The number of fused-ring (bicyclic) bond motifs is 1. The summed E-state index contributed by atoms with van der Waals surface area (Å²) in [6, 6.07) is 9.08. The lowest BCUT2D eigenvalue weighted by atomic mass is 9.99. The maximum atomic E-state index is 14.7. The smallest absolute Gasteiger partial charge is 0.257 e. The van der Waals surface area contributed by atoms with Crippen molar-refractivity contribution in [3.05, 3.63) is 65.1 Å². The molecular weight excluding hydrogens is 453 g/mol. The summed E-state index contributed by atoms with van der Waals surface area (Å²) in [6.07, 6.45) is 2.98. The summed E-state index contributed by atoms with van der Waals surface area (Å²) in [5.74, 6) is 0.201. The maximum absolute atomic E-state index is 14.7. The SMILES string of the molecule is COCCCC(=O)c1ccc(Oc2cc(C(=O)Nc3ccn(C)n3)cc3c2CC(C)(C)O3)cc1F. The molecule has 4 rings (SSSR count). The average molecular weight is 482 g/mol. The fourth-order valence-corrected chi connectivity index (χ4v) is 3.96. The zero-order valence-corrected chi connectivity index (χ0v) is 20.2. The van der Waals surface area contributed by atoms with Crippen LogP contribution in [0.15, 0.2) is 42.6 Å². The van der Waals surface area contributed by atoms with Gasteiger partial charge in [-0.25, -0.2) is 4.39 Å². The van der Waals surface area contributed by atoms with Crippen molar-refractivity contribution in [3.8, 4) is 17.2 Å². The molecule has 1 N–H and O–H groups in total. The first-order valence-corrected chi connectivity index (χ1v) is 11.3. The van der Waals surface area contributed by atoms with E-state index in [9.17, 15) is 14.0 Å². The number of methoxy groups -OCH3 is 1. The number of carbonyl (C=O) groups is 2. The van der Waals surface area contributed by atoms with Crippen molar-refractivity contribution >= 4 is 17.5 Å². The molecule has 0 aliphatic carbocycles. The number of halogens is 1. The lowest BCUT2D eigenvalue weighted by Gasteiger charge is -2.16. The Morgan fingerprint density at radius 1 is 1.23 bits per heavy atom. The van der Waals surface area contributed by atoms with Gasteiger partial charge in [0, 0.05) is 63.1 Å². The van der Waals surface area contributed by atoms with Crippen molar-refractivity contribution in [1.29, 1.82) is 0 Å². The highest BCUT2D eigenvalue weighted by molar-refractivity contribution is 6.04. The number of hydrogen-bond donors (Lipinski definition) is 1. The summed E-state index contributed by atoms with van der Waals surface area (Å²) < 4.78 is 33.3. The number of ketones is 1. The Balaban J connectivity index is 1.60. The van der Waals surface area contributed by atoms with E-state index in [1.54, 1.807) is 49.3 Å². The second-order valence-electron chi connectivity index (χ2n) is 9.08. The summed E-state index contributed by atoms with van der Waals surface area (Å²) in [6.45, 7) is 4.31. The van der Waals surface area contributed by atoms with Crippen LogP contribution >= 0.6 is 0 Å². The average Bonchev–Trinajstić information content (AvgIpc) is 3.34. The van der Waals surface area contributed by atoms with Gasteiger partial charge in [0.25, 0.3) is 5.91 Å². The zero-order chi connectivity index (χ0) is 25.2. The van der Waals surface area contributed by atoms with Crippen LogP contribution in [0.1, 0.15) is 53.0 Å². The molecule has 0 spiro atoms. The van der Waals surface area contributed by atoms with Crippen molar-refractivity contribution in [2.75, 3.05) is 19.0 Å². The first-order chi connectivity index (χ1) is 16.6. The van der Waals surface area contributed by atoms with E-state index in [1.165, 1.54) is 12.1 Å². The summed E-state index contributed by atoms with van der Waals surface area (Å²) in [4.78, 5) is 25.2. The van der Waals surface area contributed by atoms with E-state index in [0.29, 0.717) is 42.3 Å². The highest BCUT2D eigenvalue weighted by atomic mass is 19.1. The fraction of sp³-hybridized carbons (Fsp3) is 0.346. The number of amides is 1. The minimum absolute atomic E-state index is 0.00615. The number of nitrogens with one attached hydrogen (secondary N) is 1. The van der Waals surface area contributed by atoms with Gasteiger partial charge in [-0.05, 0) is 44.5 Å². The maximum Gasteiger partial charge on any atom is 0.257 e. The first-order valence-electron chi connectivity index (χ1n) is 11.3. The van der Waals surface area contributed by atoms with Crippen LogP contribution in [0.2, 0.25) is 0 Å². The summed E-state index contributed by atoms with van der Waals surface area (Å²) in [7, 11) is 3.31. The number of nitrogens with zero attached hydrogens (tertiary/aromatic N) is 2. The lowest BCUT2D eigenvalue weighted by molar-refractivity contribution is 0.0958.